The molecule has 2 aromatic carbocycles. The molecule has 1 aromatic heterocycles. The third-order valence-electron chi connectivity index (χ3n) is 4.76. The molecule has 0 N–H and O–H groups in total. The van der Waals surface area contributed by atoms with E-state index in [9.17, 15) is 4.79 Å². The van der Waals surface area contributed by atoms with Crippen LogP contribution in [0.25, 0.3) is 10.6 Å². The van der Waals surface area contributed by atoms with Crippen LogP contribution in [0.5, 0.6) is 0 Å². The fraction of sp³-hybridized carbons (Fsp3) is 0.273. The van der Waals surface area contributed by atoms with E-state index < -0.39 is 0 Å². The molecule has 0 unspecified atom stereocenters. The molecule has 0 aliphatic carbocycles. The lowest BCUT2D eigenvalue weighted by atomic mass is 10.2. The number of carbonyl (C=O) groups is 1. The van der Waals surface area contributed by atoms with Gasteiger partial charge in [0.05, 0.1) is 17.1 Å². The van der Waals surface area contributed by atoms with Crippen LogP contribution in [0.2, 0.25) is 5.02 Å². The van der Waals surface area contributed by atoms with Crippen molar-refractivity contribution < 1.29 is 9.53 Å². The molecule has 4 rings (SSSR count). The second kappa shape index (κ2) is 8.86. The molecule has 2 heterocycles. The molecule has 0 saturated carbocycles. The first-order valence-electron chi connectivity index (χ1n) is 9.32. The van der Waals surface area contributed by atoms with Gasteiger partial charge in [0.2, 0.25) is 0 Å². The molecule has 28 heavy (non-hydrogen) atoms. The van der Waals surface area contributed by atoms with Crippen LogP contribution < -0.4 is 0 Å². The minimum atomic E-state index is -0.220. The van der Waals surface area contributed by atoms with E-state index in [1.807, 2.05) is 47.8 Å². The van der Waals surface area contributed by atoms with Crippen LogP contribution in [0.1, 0.15) is 17.7 Å². The van der Waals surface area contributed by atoms with E-state index in [2.05, 4.69) is 22.0 Å². The molecule has 3 aromatic rings. The van der Waals surface area contributed by atoms with Gasteiger partial charge < -0.3 is 4.74 Å². The predicted molar refractivity (Wildman–Crippen MR) is 112 cm³/mol. The summed E-state index contributed by atoms with van der Waals surface area (Å²) in [6.45, 7) is 2.62. The summed E-state index contributed by atoms with van der Waals surface area (Å²) in [4.78, 5) is 19.2. The van der Waals surface area contributed by atoms with Crippen LogP contribution in [0.15, 0.2) is 60.0 Å². The third-order valence-corrected chi connectivity index (χ3v) is 6.01. The van der Waals surface area contributed by atoms with E-state index in [1.165, 1.54) is 16.9 Å². The molecule has 1 saturated heterocycles. The van der Waals surface area contributed by atoms with Gasteiger partial charge in [0.15, 0.2) is 0 Å². The van der Waals surface area contributed by atoms with Crippen molar-refractivity contribution in [3.63, 3.8) is 0 Å². The predicted octanol–water partition coefficient (Wildman–Crippen LogP) is 4.82. The lowest BCUT2D eigenvalue weighted by Gasteiger charge is -2.16. The topological polar surface area (TPSA) is 42.4 Å². The fourth-order valence-corrected chi connectivity index (χ4v) is 4.54. The smallest absolute Gasteiger partial charge is 0.312 e. The van der Waals surface area contributed by atoms with Gasteiger partial charge in [-0.05, 0) is 18.1 Å². The van der Waals surface area contributed by atoms with E-state index in [1.54, 1.807) is 0 Å². The number of thiazole rings is 1. The SMILES string of the molecule is O=C(Cc1csc(-c2ccccc2Cl)n1)O[C@@H]1CCN(Cc2ccccc2)C1. The standard InChI is InChI=1S/C22H21ClN2O2S/c23-20-9-5-4-8-19(20)22-24-17(15-28-22)12-21(26)27-18-10-11-25(14-18)13-16-6-2-1-3-7-16/h1-9,15,18H,10-14H2/t18-/m1/s1. The maximum absolute atomic E-state index is 12.3. The van der Waals surface area contributed by atoms with E-state index in [0.29, 0.717) is 5.02 Å². The molecule has 1 fully saturated rings. The van der Waals surface area contributed by atoms with E-state index >= 15 is 0 Å². The Morgan fingerprint density at radius 3 is 2.79 bits per heavy atom. The summed E-state index contributed by atoms with van der Waals surface area (Å²) in [5.74, 6) is -0.220. The minimum absolute atomic E-state index is 0.0436. The number of aromatic nitrogens is 1. The average molecular weight is 413 g/mol. The van der Waals surface area contributed by atoms with Gasteiger partial charge in [-0.25, -0.2) is 4.98 Å². The molecule has 4 nitrogen and oxygen atoms in total. The van der Waals surface area contributed by atoms with Crippen molar-refractivity contribution in [3.05, 3.63) is 76.3 Å². The number of rotatable bonds is 6. The van der Waals surface area contributed by atoms with Gasteiger partial charge in [-0.1, -0.05) is 60.1 Å². The van der Waals surface area contributed by atoms with Gasteiger partial charge in [-0.3, -0.25) is 9.69 Å². The molecule has 6 heteroatoms. The molecular formula is C22H21ClN2O2S. The summed E-state index contributed by atoms with van der Waals surface area (Å²) in [5, 5.41) is 3.38. The maximum Gasteiger partial charge on any atom is 0.312 e. The molecule has 0 bridgehead atoms. The van der Waals surface area contributed by atoms with Gasteiger partial charge in [-0.2, -0.15) is 0 Å². The summed E-state index contributed by atoms with van der Waals surface area (Å²) in [6.07, 6.45) is 1.02. The highest BCUT2D eigenvalue weighted by atomic mass is 35.5. The quantitative estimate of drug-likeness (QED) is 0.544. The molecule has 1 aliphatic heterocycles. The highest BCUT2D eigenvalue weighted by Crippen LogP contribution is 2.30. The van der Waals surface area contributed by atoms with Crippen molar-refractivity contribution in [2.75, 3.05) is 13.1 Å². The lowest BCUT2D eigenvalue weighted by molar-refractivity contribution is -0.147. The van der Waals surface area contributed by atoms with Gasteiger partial charge in [0.1, 0.15) is 11.1 Å². The zero-order valence-corrected chi connectivity index (χ0v) is 17.0. The van der Waals surface area contributed by atoms with E-state index in [4.69, 9.17) is 16.3 Å². The van der Waals surface area contributed by atoms with Crippen molar-refractivity contribution in [2.24, 2.45) is 0 Å². The van der Waals surface area contributed by atoms with Crippen LogP contribution in [-0.4, -0.2) is 35.0 Å². The highest BCUT2D eigenvalue weighted by Gasteiger charge is 2.26. The first-order chi connectivity index (χ1) is 13.7. The summed E-state index contributed by atoms with van der Waals surface area (Å²) >= 11 is 7.72. The van der Waals surface area contributed by atoms with Crippen molar-refractivity contribution in [1.29, 1.82) is 0 Å². The molecular weight excluding hydrogens is 392 g/mol. The zero-order chi connectivity index (χ0) is 19.3. The van der Waals surface area contributed by atoms with Crippen LogP contribution in [0.3, 0.4) is 0 Å². The Morgan fingerprint density at radius 1 is 1.18 bits per heavy atom. The second-order valence-corrected chi connectivity index (χ2v) is 8.19. The number of esters is 1. The first-order valence-corrected chi connectivity index (χ1v) is 10.6. The van der Waals surface area contributed by atoms with Crippen molar-refractivity contribution in [2.45, 2.75) is 25.5 Å². The van der Waals surface area contributed by atoms with E-state index in [-0.39, 0.29) is 18.5 Å². The molecule has 0 spiro atoms. The van der Waals surface area contributed by atoms with E-state index in [0.717, 1.165) is 42.3 Å². The van der Waals surface area contributed by atoms with Crippen molar-refractivity contribution in [3.8, 4) is 10.6 Å². The van der Waals surface area contributed by atoms with Gasteiger partial charge >= 0.3 is 5.97 Å². The first kappa shape index (κ1) is 19.1. The molecule has 1 aliphatic rings. The number of halogens is 1. The monoisotopic (exact) mass is 412 g/mol. The summed E-state index contributed by atoms with van der Waals surface area (Å²) < 4.78 is 5.68. The Labute approximate surface area is 173 Å². The summed E-state index contributed by atoms with van der Waals surface area (Å²) in [6, 6.07) is 18.0. The van der Waals surface area contributed by atoms with Gasteiger partial charge in [0.25, 0.3) is 0 Å². The van der Waals surface area contributed by atoms with Crippen molar-refractivity contribution >= 4 is 28.9 Å². The minimum Gasteiger partial charge on any atom is -0.461 e. The number of ether oxygens (including phenoxy) is 1. The Hall–Kier alpha value is -2.21. The average Bonchev–Trinajstić information content (AvgIpc) is 3.32. The zero-order valence-electron chi connectivity index (χ0n) is 15.4. The Balaban J connectivity index is 1.29. The molecule has 0 radical (unpaired) electrons. The molecule has 0 amide bonds. The largest absolute Gasteiger partial charge is 0.461 e. The maximum atomic E-state index is 12.3. The number of nitrogens with zero attached hydrogens (tertiary/aromatic N) is 2. The number of likely N-dealkylation sites (tertiary alicyclic amines) is 1. The molecule has 144 valence electrons. The fourth-order valence-electron chi connectivity index (χ4n) is 3.40. The third kappa shape index (κ3) is 4.79. The second-order valence-electron chi connectivity index (χ2n) is 6.92. The summed E-state index contributed by atoms with van der Waals surface area (Å²) in [7, 11) is 0. The van der Waals surface area contributed by atoms with Gasteiger partial charge in [0, 0.05) is 30.6 Å². The number of benzene rings is 2. The van der Waals surface area contributed by atoms with Crippen molar-refractivity contribution in [1.82, 2.24) is 9.88 Å². The number of hydrogen-bond acceptors (Lipinski definition) is 5. The Bertz CT molecular complexity index is 944. The normalized spacial score (nSPS) is 17.0. The van der Waals surface area contributed by atoms with Crippen LogP contribution in [0.4, 0.5) is 0 Å². The molecule has 1 atom stereocenters. The van der Waals surface area contributed by atoms with Crippen LogP contribution in [-0.2, 0) is 22.5 Å². The van der Waals surface area contributed by atoms with Crippen LogP contribution >= 0.6 is 22.9 Å². The summed E-state index contributed by atoms with van der Waals surface area (Å²) in [5.41, 5.74) is 2.90. The Kier molecular flexibility index (Phi) is 6.05. The Morgan fingerprint density at radius 2 is 1.96 bits per heavy atom. The highest BCUT2D eigenvalue weighted by molar-refractivity contribution is 7.13. The van der Waals surface area contributed by atoms with Crippen LogP contribution in [0, 0.1) is 0 Å². The number of carbonyl (C=O) groups excluding carboxylic acids is 1. The van der Waals surface area contributed by atoms with Gasteiger partial charge in [-0.15, -0.1) is 11.3 Å². The number of hydrogen-bond donors (Lipinski definition) is 0. The lowest BCUT2D eigenvalue weighted by Crippen LogP contribution is -2.25.